The van der Waals surface area contributed by atoms with E-state index < -0.39 is 5.54 Å². The van der Waals surface area contributed by atoms with E-state index in [0.717, 1.165) is 12.2 Å². The number of likely N-dealkylation sites (N-methyl/N-ethyl adjacent to an activating group) is 1. The van der Waals surface area contributed by atoms with Gasteiger partial charge in [0.25, 0.3) is 5.91 Å². The Bertz CT molecular complexity index is 719. The van der Waals surface area contributed by atoms with Crippen molar-refractivity contribution in [1.82, 2.24) is 40.0 Å². The number of carbonyl (C=O) groups excluding carboxylic acids is 1. The second-order valence-corrected chi connectivity index (χ2v) is 6.22. The van der Waals surface area contributed by atoms with Crippen LogP contribution in [0.4, 0.5) is 0 Å². The normalized spacial score (nSPS) is 20.4. The summed E-state index contributed by atoms with van der Waals surface area (Å²) >= 11 is 0. The van der Waals surface area contributed by atoms with Crippen molar-refractivity contribution < 1.29 is 9.53 Å². The highest BCUT2D eigenvalue weighted by atomic mass is 16.5. The molecule has 0 radical (unpaired) electrons. The molecule has 3 rings (SSSR count). The second-order valence-electron chi connectivity index (χ2n) is 6.22. The Balaban J connectivity index is 1.86. The summed E-state index contributed by atoms with van der Waals surface area (Å²) in [7, 11) is 5.60. The van der Waals surface area contributed by atoms with Gasteiger partial charge in [-0.2, -0.15) is 0 Å². The summed E-state index contributed by atoms with van der Waals surface area (Å²) in [5.74, 6) is 0.634. The summed E-state index contributed by atoms with van der Waals surface area (Å²) in [6, 6.07) is 1.63. The van der Waals surface area contributed by atoms with Crippen LogP contribution < -0.4 is 0 Å². The summed E-state index contributed by atoms with van der Waals surface area (Å²) in [6.45, 7) is 2.19. The molecule has 134 valence electrons. The van der Waals surface area contributed by atoms with Gasteiger partial charge >= 0.3 is 0 Å². The molecule has 1 amide bonds. The lowest BCUT2D eigenvalue weighted by molar-refractivity contribution is 0.0731. The summed E-state index contributed by atoms with van der Waals surface area (Å²) in [6.07, 6.45) is 3.69. The fraction of sp³-hybridized carbons (Fsp3) is 0.600. The third kappa shape index (κ3) is 3.22. The van der Waals surface area contributed by atoms with Gasteiger partial charge < -0.3 is 9.64 Å². The molecule has 0 aliphatic carbocycles. The van der Waals surface area contributed by atoms with Crippen molar-refractivity contribution in [2.24, 2.45) is 0 Å². The molecule has 2 aromatic heterocycles. The average Bonchev–Trinajstić information content (AvgIpc) is 3.27. The molecular formula is C15H22N8O2. The van der Waals surface area contributed by atoms with Crippen molar-refractivity contribution in [1.29, 1.82) is 0 Å². The highest BCUT2D eigenvalue weighted by molar-refractivity contribution is 5.92. The Morgan fingerprint density at radius 1 is 1.44 bits per heavy atom. The quantitative estimate of drug-likeness (QED) is 0.684. The number of ether oxygens (including phenoxy) is 1. The van der Waals surface area contributed by atoms with Crippen molar-refractivity contribution >= 4 is 5.91 Å². The van der Waals surface area contributed by atoms with Gasteiger partial charge in [0.15, 0.2) is 5.82 Å². The average molecular weight is 346 g/mol. The van der Waals surface area contributed by atoms with Gasteiger partial charge in [-0.25, -0.2) is 14.6 Å². The van der Waals surface area contributed by atoms with Crippen LogP contribution in [0.25, 0.3) is 0 Å². The standard InChI is InChI=1S/C15H22N8O2/c1-21(2)15(14-18-19-20-23(14)8-9-25-3)5-7-22(10-15)13(24)12-4-6-16-11-17-12/h4,6,11H,5,7-10H2,1-3H3. The number of amides is 1. The first-order valence-corrected chi connectivity index (χ1v) is 8.07. The molecule has 25 heavy (non-hydrogen) atoms. The third-order valence-corrected chi connectivity index (χ3v) is 4.65. The van der Waals surface area contributed by atoms with E-state index in [1.54, 1.807) is 29.0 Å². The van der Waals surface area contributed by atoms with Crippen molar-refractivity contribution in [2.75, 3.05) is 40.9 Å². The van der Waals surface area contributed by atoms with Crippen LogP contribution in [-0.2, 0) is 16.8 Å². The fourth-order valence-electron chi connectivity index (χ4n) is 3.16. The molecule has 1 aliphatic heterocycles. The first kappa shape index (κ1) is 17.4. The lowest BCUT2D eigenvalue weighted by Gasteiger charge is -2.34. The predicted molar refractivity (Wildman–Crippen MR) is 87.6 cm³/mol. The van der Waals surface area contributed by atoms with E-state index in [1.807, 2.05) is 14.1 Å². The van der Waals surface area contributed by atoms with E-state index in [9.17, 15) is 4.79 Å². The van der Waals surface area contributed by atoms with Crippen molar-refractivity contribution in [3.05, 3.63) is 30.1 Å². The van der Waals surface area contributed by atoms with Crippen LogP contribution in [0.2, 0.25) is 0 Å². The highest BCUT2D eigenvalue weighted by Crippen LogP contribution is 2.35. The molecule has 10 heteroatoms. The Labute approximate surface area is 145 Å². The summed E-state index contributed by atoms with van der Waals surface area (Å²) < 4.78 is 6.89. The number of tetrazole rings is 1. The lowest BCUT2D eigenvalue weighted by Crippen LogP contribution is -2.47. The van der Waals surface area contributed by atoms with Crippen LogP contribution in [0, 0.1) is 0 Å². The van der Waals surface area contributed by atoms with Gasteiger partial charge in [-0.15, -0.1) is 5.10 Å². The molecule has 10 nitrogen and oxygen atoms in total. The van der Waals surface area contributed by atoms with E-state index in [4.69, 9.17) is 4.74 Å². The molecule has 1 fully saturated rings. The van der Waals surface area contributed by atoms with Crippen LogP contribution in [0.5, 0.6) is 0 Å². The molecule has 0 spiro atoms. The topological polar surface area (TPSA) is 102 Å². The Hall–Kier alpha value is -2.46. The van der Waals surface area contributed by atoms with E-state index in [0.29, 0.717) is 31.9 Å². The van der Waals surface area contributed by atoms with Crippen molar-refractivity contribution in [2.45, 2.75) is 18.5 Å². The fourth-order valence-corrected chi connectivity index (χ4v) is 3.16. The molecule has 1 atom stereocenters. The molecule has 2 aromatic rings. The molecule has 0 aromatic carbocycles. The molecule has 0 N–H and O–H groups in total. The lowest BCUT2D eigenvalue weighted by atomic mass is 9.96. The van der Waals surface area contributed by atoms with E-state index >= 15 is 0 Å². The number of hydrogen-bond donors (Lipinski definition) is 0. The van der Waals surface area contributed by atoms with E-state index in [-0.39, 0.29) is 5.91 Å². The van der Waals surface area contributed by atoms with Crippen LogP contribution in [0.1, 0.15) is 22.7 Å². The molecule has 0 bridgehead atoms. The van der Waals surface area contributed by atoms with E-state index in [1.165, 1.54) is 6.33 Å². The van der Waals surface area contributed by atoms with Crippen LogP contribution >= 0.6 is 0 Å². The first-order chi connectivity index (χ1) is 12.1. The maximum Gasteiger partial charge on any atom is 0.272 e. The Morgan fingerprint density at radius 3 is 2.96 bits per heavy atom. The number of aromatic nitrogens is 6. The van der Waals surface area contributed by atoms with Gasteiger partial charge in [-0.05, 0) is 37.0 Å². The number of methoxy groups -OCH3 is 1. The van der Waals surface area contributed by atoms with Crippen LogP contribution in [0.3, 0.4) is 0 Å². The number of likely N-dealkylation sites (tertiary alicyclic amines) is 1. The van der Waals surface area contributed by atoms with Gasteiger partial charge in [-0.3, -0.25) is 9.69 Å². The predicted octanol–water partition coefficient (Wildman–Crippen LogP) is -0.587. The van der Waals surface area contributed by atoms with Crippen LogP contribution in [0.15, 0.2) is 18.6 Å². The number of nitrogens with zero attached hydrogens (tertiary/aromatic N) is 8. The number of hydrogen-bond acceptors (Lipinski definition) is 8. The minimum absolute atomic E-state index is 0.109. The highest BCUT2D eigenvalue weighted by Gasteiger charge is 2.47. The molecule has 3 heterocycles. The Kier molecular flexibility index (Phi) is 5.00. The summed E-state index contributed by atoms with van der Waals surface area (Å²) in [5.41, 5.74) is -0.0524. The maximum absolute atomic E-state index is 12.7. The number of carbonyl (C=O) groups is 1. The molecule has 1 unspecified atom stereocenters. The first-order valence-electron chi connectivity index (χ1n) is 8.07. The van der Waals surface area contributed by atoms with Gasteiger partial charge in [0.05, 0.1) is 13.2 Å². The van der Waals surface area contributed by atoms with Gasteiger partial charge in [0.2, 0.25) is 0 Å². The SMILES string of the molecule is COCCn1nnnc1C1(N(C)C)CCN(C(=O)c2ccncn2)C1. The maximum atomic E-state index is 12.7. The number of rotatable bonds is 6. The van der Waals surface area contributed by atoms with Gasteiger partial charge in [0, 0.05) is 26.4 Å². The second kappa shape index (κ2) is 7.19. The smallest absolute Gasteiger partial charge is 0.272 e. The minimum atomic E-state index is -0.445. The zero-order valence-corrected chi connectivity index (χ0v) is 14.7. The molecule has 1 saturated heterocycles. The third-order valence-electron chi connectivity index (χ3n) is 4.65. The largest absolute Gasteiger partial charge is 0.383 e. The zero-order valence-electron chi connectivity index (χ0n) is 14.7. The Morgan fingerprint density at radius 2 is 2.28 bits per heavy atom. The molecule has 1 aliphatic rings. The monoisotopic (exact) mass is 346 g/mol. The van der Waals surface area contributed by atoms with Gasteiger partial charge in [-0.1, -0.05) is 0 Å². The summed E-state index contributed by atoms with van der Waals surface area (Å²) in [5, 5.41) is 12.2. The summed E-state index contributed by atoms with van der Waals surface area (Å²) in [4.78, 5) is 24.5. The van der Waals surface area contributed by atoms with E-state index in [2.05, 4.69) is 30.4 Å². The minimum Gasteiger partial charge on any atom is -0.383 e. The molecule has 0 saturated carbocycles. The van der Waals surface area contributed by atoms with Gasteiger partial charge in [0.1, 0.15) is 17.6 Å². The molecular weight excluding hydrogens is 324 g/mol. The van der Waals surface area contributed by atoms with Crippen molar-refractivity contribution in [3.63, 3.8) is 0 Å². The van der Waals surface area contributed by atoms with Crippen LogP contribution in [-0.4, -0.2) is 86.8 Å². The van der Waals surface area contributed by atoms with Crippen molar-refractivity contribution in [3.8, 4) is 0 Å². The zero-order chi connectivity index (χ0) is 17.9.